The Kier molecular flexibility index (Phi) is 4.58. The normalized spacial score (nSPS) is 11.5. The van der Waals surface area contributed by atoms with Crippen LogP contribution in [0.1, 0.15) is 11.1 Å². The lowest BCUT2D eigenvalue weighted by molar-refractivity contribution is 0.594. The topological polar surface area (TPSA) is 60.2 Å². The van der Waals surface area contributed by atoms with Gasteiger partial charge in [-0.2, -0.15) is 0 Å². The fourth-order valence-corrected chi connectivity index (χ4v) is 3.75. The van der Waals surface area contributed by atoms with E-state index in [1.807, 2.05) is 0 Å². The molecule has 3 nitrogen and oxygen atoms in total. The van der Waals surface area contributed by atoms with Crippen LogP contribution in [0.15, 0.2) is 42.5 Å². The molecule has 0 aliphatic carbocycles. The average molecular weight is 330 g/mol. The highest BCUT2D eigenvalue weighted by molar-refractivity contribution is 7.89. The van der Waals surface area contributed by atoms with E-state index in [2.05, 4.69) is 0 Å². The molecule has 0 aromatic heterocycles. The molecule has 0 unspecified atom stereocenters. The number of sulfone groups is 1. The Labute approximate surface area is 128 Å². The second kappa shape index (κ2) is 6.04. The van der Waals surface area contributed by atoms with Gasteiger partial charge in [-0.1, -0.05) is 47.5 Å². The molecule has 0 heterocycles. The molecule has 0 fully saturated rings. The van der Waals surface area contributed by atoms with Crippen molar-refractivity contribution < 1.29 is 8.42 Å². The van der Waals surface area contributed by atoms with Gasteiger partial charge in [-0.05, 0) is 29.3 Å². The average Bonchev–Trinajstić information content (AvgIpc) is 2.36. The molecule has 106 valence electrons. The van der Waals surface area contributed by atoms with Crippen molar-refractivity contribution in [1.82, 2.24) is 0 Å². The maximum atomic E-state index is 12.2. The molecule has 2 aromatic carbocycles. The maximum Gasteiger partial charge on any atom is 0.158 e. The lowest BCUT2D eigenvalue weighted by Crippen LogP contribution is -2.08. The van der Waals surface area contributed by atoms with Crippen LogP contribution < -0.4 is 5.73 Å². The summed E-state index contributed by atoms with van der Waals surface area (Å²) in [6.07, 6.45) is 0. The largest absolute Gasteiger partial charge is 0.398 e. The second-order valence-electron chi connectivity index (χ2n) is 4.48. The summed E-state index contributed by atoms with van der Waals surface area (Å²) < 4.78 is 24.4. The monoisotopic (exact) mass is 329 g/mol. The van der Waals surface area contributed by atoms with Crippen LogP contribution in [0.4, 0.5) is 5.69 Å². The number of benzene rings is 2. The van der Waals surface area contributed by atoms with Gasteiger partial charge in [-0.25, -0.2) is 8.42 Å². The first kappa shape index (κ1) is 15.2. The lowest BCUT2D eigenvalue weighted by atomic mass is 10.2. The zero-order valence-electron chi connectivity index (χ0n) is 10.5. The smallest absolute Gasteiger partial charge is 0.158 e. The Bertz CT molecular complexity index is 730. The molecule has 0 radical (unpaired) electrons. The lowest BCUT2D eigenvalue weighted by Gasteiger charge is -2.07. The zero-order chi connectivity index (χ0) is 14.8. The van der Waals surface area contributed by atoms with E-state index in [9.17, 15) is 8.42 Å². The summed E-state index contributed by atoms with van der Waals surface area (Å²) in [7, 11) is -3.32. The standard InChI is InChI=1S/C14H13Cl2NO2S/c15-12-4-2-1-3-11(12)9-20(18,19)8-10-5-6-13(16)14(17)7-10/h1-7H,8-9,17H2. The van der Waals surface area contributed by atoms with Crippen molar-refractivity contribution in [3.8, 4) is 0 Å². The molecular weight excluding hydrogens is 317 g/mol. The minimum absolute atomic E-state index is 0.0976. The molecule has 20 heavy (non-hydrogen) atoms. The molecule has 0 spiro atoms. The Morgan fingerprint density at radius 2 is 1.65 bits per heavy atom. The van der Waals surface area contributed by atoms with Gasteiger partial charge in [0.1, 0.15) is 0 Å². The quantitative estimate of drug-likeness (QED) is 0.870. The summed E-state index contributed by atoms with van der Waals surface area (Å²) in [6, 6.07) is 11.7. The SMILES string of the molecule is Nc1cc(CS(=O)(=O)Cc2ccccc2Cl)ccc1Cl. The van der Waals surface area contributed by atoms with E-state index in [1.54, 1.807) is 42.5 Å². The molecule has 0 bridgehead atoms. The molecule has 0 amide bonds. The zero-order valence-corrected chi connectivity index (χ0v) is 12.8. The minimum Gasteiger partial charge on any atom is -0.398 e. The molecule has 0 atom stereocenters. The van der Waals surface area contributed by atoms with E-state index in [4.69, 9.17) is 28.9 Å². The van der Waals surface area contributed by atoms with Crippen LogP contribution in [0.2, 0.25) is 10.0 Å². The molecule has 0 saturated heterocycles. The minimum atomic E-state index is -3.32. The summed E-state index contributed by atoms with van der Waals surface area (Å²) in [5.41, 5.74) is 7.24. The van der Waals surface area contributed by atoms with Crippen molar-refractivity contribution >= 4 is 38.7 Å². The molecule has 0 aliphatic rings. The van der Waals surface area contributed by atoms with Gasteiger partial charge in [0.05, 0.1) is 22.2 Å². The molecule has 0 aliphatic heterocycles. The van der Waals surface area contributed by atoms with Gasteiger partial charge in [-0.15, -0.1) is 0 Å². The van der Waals surface area contributed by atoms with Gasteiger partial charge in [0.2, 0.25) is 0 Å². The van der Waals surface area contributed by atoms with Gasteiger partial charge < -0.3 is 5.73 Å². The Hall–Kier alpha value is -1.23. The number of nitrogen functional groups attached to an aromatic ring is 1. The number of hydrogen-bond acceptors (Lipinski definition) is 3. The summed E-state index contributed by atoms with van der Waals surface area (Å²) in [5.74, 6) is -0.200. The van der Waals surface area contributed by atoms with Crippen molar-refractivity contribution in [3.05, 3.63) is 63.6 Å². The van der Waals surface area contributed by atoms with Crippen LogP contribution in [-0.2, 0) is 21.3 Å². The highest BCUT2D eigenvalue weighted by Crippen LogP contribution is 2.23. The van der Waals surface area contributed by atoms with Gasteiger partial charge in [-0.3, -0.25) is 0 Å². The molecule has 2 aromatic rings. The predicted molar refractivity (Wildman–Crippen MR) is 83.6 cm³/mol. The van der Waals surface area contributed by atoms with E-state index >= 15 is 0 Å². The van der Waals surface area contributed by atoms with Crippen molar-refractivity contribution in [2.24, 2.45) is 0 Å². The summed E-state index contributed by atoms with van der Waals surface area (Å²) in [5, 5.41) is 0.865. The number of halogens is 2. The Morgan fingerprint density at radius 1 is 0.950 bits per heavy atom. The maximum absolute atomic E-state index is 12.2. The summed E-state index contributed by atoms with van der Waals surface area (Å²) >= 11 is 11.8. The molecular formula is C14H13Cl2NO2S. The van der Waals surface area contributed by atoms with E-state index in [1.165, 1.54) is 0 Å². The van der Waals surface area contributed by atoms with E-state index in [0.29, 0.717) is 26.9 Å². The van der Waals surface area contributed by atoms with Gasteiger partial charge in [0, 0.05) is 5.02 Å². The van der Waals surface area contributed by atoms with Crippen molar-refractivity contribution in [2.45, 2.75) is 11.5 Å². The molecule has 2 N–H and O–H groups in total. The Morgan fingerprint density at radius 3 is 2.30 bits per heavy atom. The third kappa shape index (κ3) is 3.88. The summed E-state index contributed by atoms with van der Waals surface area (Å²) in [4.78, 5) is 0. The van der Waals surface area contributed by atoms with E-state index in [0.717, 1.165) is 0 Å². The van der Waals surface area contributed by atoms with Crippen LogP contribution in [0.3, 0.4) is 0 Å². The first-order valence-electron chi connectivity index (χ1n) is 5.85. The number of rotatable bonds is 4. The highest BCUT2D eigenvalue weighted by atomic mass is 35.5. The van der Waals surface area contributed by atoms with Gasteiger partial charge >= 0.3 is 0 Å². The fourth-order valence-electron chi connectivity index (χ4n) is 1.84. The van der Waals surface area contributed by atoms with Crippen LogP contribution in [0.25, 0.3) is 0 Å². The Balaban J connectivity index is 2.19. The third-order valence-corrected chi connectivity index (χ3v) is 5.02. The fraction of sp³-hybridized carbons (Fsp3) is 0.143. The van der Waals surface area contributed by atoms with E-state index in [-0.39, 0.29) is 11.5 Å². The van der Waals surface area contributed by atoms with Gasteiger partial charge in [0.25, 0.3) is 0 Å². The molecule has 6 heteroatoms. The molecule has 2 rings (SSSR count). The molecule has 0 saturated carbocycles. The van der Waals surface area contributed by atoms with Crippen molar-refractivity contribution in [1.29, 1.82) is 0 Å². The van der Waals surface area contributed by atoms with Crippen LogP contribution >= 0.6 is 23.2 Å². The highest BCUT2D eigenvalue weighted by Gasteiger charge is 2.15. The van der Waals surface area contributed by atoms with Crippen LogP contribution in [-0.4, -0.2) is 8.42 Å². The van der Waals surface area contributed by atoms with Gasteiger partial charge in [0.15, 0.2) is 9.84 Å². The van der Waals surface area contributed by atoms with Crippen molar-refractivity contribution in [2.75, 3.05) is 5.73 Å². The predicted octanol–water partition coefficient (Wildman–Crippen LogP) is 3.69. The first-order valence-corrected chi connectivity index (χ1v) is 8.43. The van der Waals surface area contributed by atoms with Crippen molar-refractivity contribution in [3.63, 3.8) is 0 Å². The first-order chi connectivity index (χ1) is 9.37. The number of nitrogens with two attached hydrogens (primary N) is 1. The number of hydrogen-bond donors (Lipinski definition) is 1. The number of anilines is 1. The van der Waals surface area contributed by atoms with Crippen LogP contribution in [0, 0.1) is 0 Å². The van der Waals surface area contributed by atoms with Crippen LogP contribution in [0.5, 0.6) is 0 Å². The second-order valence-corrected chi connectivity index (χ2v) is 7.36. The summed E-state index contributed by atoms with van der Waals surface area (Å²) in [6.45, 7) is 0. The van der Waals surface area contributed by atoms with E-state index < -0.39 is 9.84 Å². The third-order valence-electron chi connectivity index (χ3n) is 2.78.